The topological polar surface area (TPSA) is 40.5 Å². The van der Waals surface area contributed by atoms with Gasteiger partial charge >= 0.3 is 6.18 Å². The molecule has 0 spiro atoms. The zero-order chi connectivity index (χ0) is 12.0. The standard InChI is InChI=1S/C11H11F3O2/c12-11(13,14)10(16)6-5-7-3-1-2-4-8(7)9(10)15/h1-4,9,15-16H,5-6H2/t9-,10+/m0/s1. The number of aliphatic hydroxyl groups excluding tert-OH is 1. The van der Waals surface area contributed by atoms with E-state index in [1.807, 2.05) is 0 Å². The van der Waals surface area contributed by atoms with Crippen LogP contribution in [0.3, 0.4) is 0 Å². The largest absolute Gasteiger partial charge is 0.420 e. The first-order chi connectivity index (χ1) is 7.36. The summed E-state index contributed by atoms with van der Waals surface area (Å²) in [6.07, 6.45) is -7.12. The van der Waals surface area contributed by atoms with Gasteiger partial charge in [0.2, 0.25) is 0 Å². The third-order valence-electron chi connectivity index (χ3n) is 3.07. The summed E-state index contributed by atoms with van der Waals surface area (Å²) in [6, 6.07) is 6.32. The lowest BCUT2D eigenvalue weighted by Gasteiger charge is -2.39. The van der Waals surface area contributed by atoms with Crippen molar-refractivity contribution >= 4 is 0 Å². The minimum atomic E-state index is -4.82. The highest BCUT2D eigenvalue weighted by Gasteiger charge is 2.59. The second-order valence-corrected chi connectivity index (χ2v) is 4.02. The summed E-state index contributed by atoms with van der Waals surface area (Å²) in [4.78, 5) is 0. The van der Waals surface area contributed by atoms with Crippen LogP contribution in [0.5, 0.6) is 0 Å². The van der Waals surface area contributed by atoms with Crippen molar-refractivity contribution in [3.8, 4) is 0 Å². The lowest BCUT2D eigenvalue weighted by molar-refractivity contribution is -0.296. The third-order valence-corrected chi connectivity index (χ3v) is 3.07. The summed E-state index contributed by atoms with van der Waals surface area (Å²) in [5.41, 5.74) is -2.21. The van der Waals surface area contributed by atoms with E-state index in [0.29, 0.717) is 5.56 Å². The average Bonchev–Trinajstić information content (AvgIpc) is 2.22. The molecule has 2 atom stereocenters. The molecule has 1 aromatic carbocycles. The van der Waals surface area contributed by atoms with Crippen LogP contribution in [-0.2, 0) is 6.42 Å². The van der Waals surface area contributed by atoms with E-state index in [1.165, 1.54) is 6.07 Å². The van der Waals surface area contributed by atoms with Crippen molar-refractivity contribution in [2.24, 2.45) is 0 Å². The number of hydrogen-bond acceptors (Lipinski definition) is 2. The van der Waals surface area contributed by atoms with E-state index in [-0.39, 0.29) is 12.0 Å². The molecule has 0 aliphatic heterocycles. The maximum absolute atomic E-state index is 12.7. The van der Waals surface area contributed by atoms with Crippen LogP contribution in [0.2, 0.25) is 0 Å². The minimum Gasteiger partial charge on any atom is -0.385 e. The van der Waals surface area contributed by atoms with Crippen LogP contribution in [-0.4, -0.2) is 22.0 Å². The highest BCUT2D eigenvalue weighted by atomic mass is 19.4. The van der Waals surface area contributed by atoms with Crippen LogP contribution in [0, 0.1) is 0 Å². The Morgan fingerprint density at radius 2 is 1.88 bits per heavy atom. The summed E-state index contributed by atoms with van der Waals surface area (Å²) < 4.78 is 38.0. The summed E-state index contributed by atoms with van der Waals surface area (Å²) in [5.74, 6) is 0. The number of rotatable bonds is 0. The van der Waals surface area contributed by atoms with Crippen molar-refractivity contribution < 1.29 is 23.4 Å². The molecule has 0 bridgehead atoms. The number of aliphatic hydroxyl groups is 2. The number of benzene rings is 1. The fraction of sp³-hybridized carbons (Fsp3) is 0.455. The van der Waals surface area contributed by atoms with Crippen LogP contribution in [0.25, 0.3) is 0 Å². The normalized spacial score (nSPS) is 29.9. The van der Waals surface area contributed by atoms with Gasteiger partial charge in [-0.2, -0.15) is 13.2 Å². The Morgan fingerprint density at radius 1 is 1.25 bits per heavy atom. The first-order valence-electron chi connectivity index (χ1n) is 4.91. The molecule has 1 aromatic rings. The zero-order valence-electron chi connectivity index (χ0n) is 8.33. The lowest BCUT2D eigenvalue weighted by atomic mass is 9.77. The van der Waals surface area contributed by atoms with Crippen LogP contribution in [0.4, 0.5) is 13.2 Å². The van der Waals surface area contributed by atoms with Crippen LogP contribution >= 0.6 is 0 Å². The van der Waals surface area contributed by atoms with Gasteiger partial charge in [-0.05, 0) is 24.0 Å². The van der Waals surface area contributed by atoms with Crippen LogP contribution in [0.15, 0.2) is 24.3 Å². The maximum Gasteiger partial charge on any atom is 0.420 e. The molecule has 0 unspecified atom stereocenters. The minimum absolute atomic E-state index is 0.114. The molecule has 0 saturated heterocycles. The SMILES string of the molecule is O[C@H]1c2ccccc2CC[C@]1(O)C(F)(F)F. The van der Waals surface area contributed by atoms with Gasteiger partial charge in [0.1, 0.15) is 6.10 Å². The first-order valence-corrected chi connectivity index (χ1v) is 4.91. The van der Waals surface area contributed by atoms with E-state index in [2.05, 4.69) is 0 Å². The molecule has 0 fully saturated rings. The quantitative estimate of drug-likeness (QED) is 0.717. The number of fused-ring (bicyclic) bond motifs is 1. The van der Waals surface area contributed by atoms with Gasteiger partial charge in [0.25, 0.3) is 0 Å². The summed E-state index contributed by atoms with van der Waals surface area (Å²) in [5, 5.41) is 19.2. The lowest BCUT2D eigenvalue weighted by Crippen LogP contribution is -2.52. The van der Waals surface area contributed by atoms with Crippen molar-refractivity contribution in [3.63, 3.8) is 0 Å². The van der Waals surface area contributed by atoms with Gasteiger partial charge < -0.3 is 10.2 Å². The molecule has 0 aromatic heterocycles. The summed E-state index contributed by atoms with van der Waals surface area (Å²) in [6.45, 7) is 0. The average molecular weight is 232 g/mol. The summed E-state index contributed by atoms with van der Waals surface area (Å²) in [7, 11) is 0. The molecule has 0 amide bonds. The molecule has 2 rings (SSSR count). The second kappa shape index (κ2) is 3.46. The van der Waals surface area contributed by atoms with E-state index >= 15 is 0 Å². The Bertz CT molecular complexity index is 402. The van der Waals surface area contributed by atoms with E-state index < -0.39 is 24.3 Å². The Labute approximate surface area is 90.3 Å². The molecule has 1 aliphatic rings. The molecule has 2 N–H and O–H groups in total. The first kappa shape index (κ1) is 11.4. The Kier molecular flexibility index (Phi) is 2.47. The fourth-order valence-electron chi connectivity index (χ4n) is 2.04. The molecule has 0 radical (unpaired) electrons. The number of alkyl halides is 3. The molecule has 0 heterocycles. The number of hydrogen-bond donors (Lipinski definition) is 2. The van der Waals surface area contributed by atoms with Crippen molar-refractivity contribution in [1.82, 2.24) is 0 Å². The second-order valence-electron chi connectivity index (χ2n) is 4.02. The molecular weight excluding hydrogens is 221 g/mol. The van der Waals surface area contributed by atoms with E-state index in [0.717, 1.165) is 0 Å². The number of halogens is 3. The zero-order valence-corrected chi connectivity index (χ0v) is 8.33. The highest BCUT2D eigenvalue weighted by Crippen LogP contribution is 2.46. The Balaban J connectivity index is 2.45. The molecule has 88 valence electrons. The van der Waals surface area contributed by atoms with Gasteiger partial charge in [0, 0.05) is 0 Å². The molecule has 2 nitrogen and oxygen atoms in total. The van der Waals surface area contributed by atoms with Gasteiger partial charge in [0.05, 0.1) is 0 Å². The smallest absolute Gasteiger partial charge is 0.385 e. The fourth-order valence-corrected chi connectivity index (χ4v) is 2.04. The van der Waals surface area contributed by atoms with Crippen molar-refractivity contribution in [1.29, 1.82) is 0 Å². The third kappa shape index (κ3) is 1.51. The molecular formula is C11H11F3O2. The summed E-state index contributed by atoms with van der Waals surface area (Å²) >= 11 is 0. The highest BCUT2D eigenvalue weighted by molar-refractivity contribution is 5.34. The van der Waals surface area contributed by atoms with Crippen LogP contribution < -0.4 is 0 Å². The molecule has 1 aliphatic carbocycles. The van der Waals surface area contributed by atoms with Gasteiger partial charge in [-0.3, -0.25) is 0 Å². The van der Waals surface area contributed by atoms with E-state index in [1.54, 1.807) is 18.2 Å². The van der Waals surface area contributed by atoms with Crippen molar-refractivity contribution in [2.75, 3.05) is 0 Å². The monoisotopic (exact) mass is 232 g/mol. The van der Waals surface area contributed by atoms with Crippen molar-refractivity contribution in [2.45, 2.75) is 30.7 Å². The van der Waals surface area contributed by atoms with Gasteiger partial charge in [-0.15, -0.1) is 0 Å². The van der Waals surface area contributed by atoms with Gasteiger partial charge in [0.15, 0.2) is 5.60 Å². The predicted molar refractivity (Wildman–Crippen MR) is 50.7 cm³/mol. The van der Waals surface area contributed by atoms with E-state index in [4.69, 9.17) is 0 Å². The Hall–Kier alpha value is -1.07. The van der Waals surface area contributed by atoms with Gasteiger partial charge in [-0.1, -0.05) is 24.3 Å². The van der Waals surface area contributed by atoms with Crippen molar-refractivity contribution in [3.05, 3.63) is 35.4 Å². The molecule has 0 saturated carbocycles. The maximum atomic E-state index is 12.7. The number of aryl methyl sites for hydroxylation is 1. The van der Waals surface area contributed by atoms with E-state index in [9.17, 15) is 23.4 Å². The van der Waals surface area contributed by atoms with Gasteiger partial charge in [-0.25, -0.2) is 0 Å². The molecule has 16 heavy (non-hydrogen) atoms. The molecule has 5 heteroatoms. The Morgan fingerprint density at radius 3 is 2.50 bits per heavy atom. The van der Waals surface area contributed by atoms with Crippen LogP contribution in [0.1, 0.15) is 23.7 Å². The predicted octanol–water partition coefficient (Wildman–Crippen LogP) is 1.96.